The van der Waals surface area contributed by atoms with Crippen LogP contribution in [0.1, 0.15) is 155 Å². The Balaban J connectivity index is 2.06. The van der Waals surface area contributed by atoms with Crippen molar-refractivity contribution in [3.05, 3.63) is 46.9 Å². The molecule has 0 aromatic heterocycles. The predicted octanol–water partition coefficient (Wildman–Crippen LogP) is 10.5. The Morgan fingerprint density at radius 1 is 0.705 bits per heavy atom. The Labute approximate surface area is 268 Å². The Morgan fingerprint density at radius 2 is 1.11 bits per heavy atom. The van der Waals surface area contributed by atoms with Crippen LogP contribution in [0.3, 0.4) is 0 Å². The van der Waals surface area contributed by atoms with Gasteiger partial charge in [0.25, 0.3) is 5.91 Å². The monoisotopic (exact) mass is 611 g/mol. The third kappa shape index (κ3) is 13.5. The summed E-state index contributed by atoms with van der Waals surface area (Å²) in [5.74, 6) is -0.457. The second-order valence-corrected chi connectivity index (χ2v) is 12.5. The zero-order valence-electron chi connectivity index (χ0n) is 28.4. The molecule has 1 aromatic rings. The number of aliphatic hydroxyl groups excluding tert-OH is 1. The number of methoxy groups -OCH3 is 1. The summed E-state index contributed by atoms with van der Waals surface area (Å²) in [7, 11) is 1.59. The number of ether oxygens (including phenoxy) is 2. The highest BCUT2D eigenvalue weighted by atomic mass is 16.6. The van der Waals surface area contributed by atoms with E-state index in [1.165, 1.54) is 110 Å². The van der Waals surface area contributed by atoms with Crippen molar-refractivity contribution in [3.63, 3.8) is 0 Å². The molecule has 1 aromatic carbocycles. The molecule has 2 rings (SSSR count). The van der Waals surface area contributed by atoms with Gasteiger partial charge in [0, 0.05) is 13.1 Å². The molecule has 248 valence electrons. The van der Waals surface area contributed by atoms with Gasteiger partial charge in [0.1, 0.15) is 5.75 Å². The van der Waals surface area contributed by atoms with Crippen LogP contribution < -0.4 is 4.74 Å². The lowest BCUT2D eigenvalue weighted by Crippen LogP contribution is -2.34. The fraction of sp³-hybridized carbons (Fsp3) is 0.684. The normalized spacial score (nSPS) is 14.2. The molecule has 0 aliphatic carbocycles. The first-order valence-corrected chi connectivity index (χ1v) is 17.7. The maximum Gasteiger partial charge on any atom is 0.343 e. The fourth-order valence-electron chi connectivity index (χ4n) is 5.82. The van der Waals surface area contributed by atoms with Gasteiger partial charge in [0.15, 0.2) is 11.5 Å². The molecule has 0 saturated heterocycles. The van der Waals surface area contributed by atoms with E-state index in [1.807, 2.05) is 4.90 Å². The number of amides is 1. The number of rotatable bonds is 25. The first kappa shape index (κ1) is 37.4. The summed E-state index contributed by atoms with van der Waals surface area (Å²) in [6, 6.07) is 7.13. The Kier molecular flexibility index (Phi) is 19.3. The molecule has 6 heteroatoms. The number of aliphatic hydroxyl groups is 1. The third-order valence-electron chi connectivity index (χ3n) is 8.74. The molecule has 1 aliphatic heterocycles. The van der Waals surface area contributed by atoms with Crippen molar-refractivity contribution in [1.29, 1.82) is 0 Å². The highest BCUT2D eigenvalue weighted by molar-refractivity contribution is 6.21. The molecule has 6 nitrogen and oxygen atoms in total. The molecule has 0 bridgehead atoms. The van der Waals surface area contributed by atoms with Crippen molar-refractivity contribution in [3.8, 4) is 5.75 Å². The smallest absolute Gasteiger partial charge is 0.343 e. The molecule has 1 N–H and O–H groups in total. The van der Waals surface area contributed by atoms with Gasteiger partial charge >= 0.3 is 5.97 Å². The van der Waals surface area contributed by atoms with Crippen LogP contribution in [0.15, 0.2) is 41.4 Å². The second kappa shape index (κ2) is 22.7. The molecule has 0 spiro atoms. The molecule has 0 unspecified atom stereocenters. The summed E-state index contributed by atoms with van der Waals surface area (Å²) in [6.45, 7) is 7.32. The standard InChI is InChI=1S/C38H61NO5/c1-5-7-9-11-13-15-17-19-21-23-29-39(30-24-22-20-18-16-14-12-10-8-6-2)37(41)34(32-25-27-33(43-4)28-26-32)36-35(40)31(3)38(42)44-36/h25-28,40H,5-24,29-30H2,1-4H3/b36-34+. The number of hydrogen-bond donors (Lipinski definition) is 1. The minimum absolute atomic E-state index is 0.0428. The molecular formula is C38H61NO5. The van der Waals surface area contributed by atoms with Crippen molar-refractivity contribution in [2.75, 3.05) is 20.2 Å². The first-order chi connectivity index (χ1) is 21.4. The lowest BCUT2D eigenvalue weighted by atomic mass is 10.0. The average Bonchev–Trinajstić information content (AvgIpc) is 3.28. The van der Waals surface area contributed by atoms with Crippen LogP contribution >= 0.6 is 0 Å². The van der Waals surface area contributed by atoms with Gasteiger partial charge in [-0.05, 0) is 37.5 Å². The molecule has 0 fully saturated rings. The minimum Gasteiger partial charge on any atom is -0.504 e. The van der Waals surface area contributed by atoms with E-state index >= 15 is 0 Å². The van der Waals surface area contributed by atoms with Crippen LogP contribution in [0, 0.1) is 0 Å². The van der Waals surface area contributed by atoms with Gasteiger partial charge in [0.05, 0.1) is 18.3 Å². The van der Waals surface area contributed by atoms with Gasteiger partial charge in [-0.2, -0.15) is 0 Å². The molecule has 1 aliphatic rings. The Morgan fingerprint density at radius 3 is 1.48 bits per heavy atom. The topological polar surface area (TPSA) is 76.1 Å². The molecule has 0 atom stereocenters. The lowest BCUT2D eigenvalue weighted by molar-refractivity contribution is -0.133. The molecule has 0 saturated carbocycles. The molecule has 1 amide bonds. The summed E-state index contributed by atoms with van der Waals surface area (Å²) in [5.41, 5.74) is 0.945. The van der Waals surface area contributed by atoms with Crippen molar-refractivity contribution in [2.45, 2.75) is 149 Å². The SMILES string of the molecule is CCCCCCCCCCCCN(CCCCCCCCCCCC)C(=O)/C(=C1/OC(=O)C(C)=C1O)c1ccc(OC)cc1. The van der Waals surface area contributed by atoms with E-state index in [0.29, 0.717) is 24.4 Å². The molecular weight excluding hydrogens is 550 g/mol. The largest absolute Gasteiger partial charge is 0.504 e. The third-order valence-corrected chi connectivity index (χ3v) is 8.74. The van der Waals surface area contributed by atoms with Crippen LogP contribution in [-0.2, 0) is 14.3 Å². The van der Waals surface area contributed by atoms with Gasteiger partial charge in [-0.1, -0.05) is 142 Å². The maximum absolute atomic E-state index is 14.2. The molecule has 0 radical (unpaired) electrons. The van der Waals surface area contributed by atoms with E-state index < -0.39 is 5.97 Å². The van der Waals surface area contributed by atoms with Gasteiger partial charge in [-0.25, -0.2) is 4.79 Å². The van der Waals surface area contributed by atoms with E-state index in [1.54, 1.807) is 31.4 Å². The number of unbranched alkanes of at least 4 members (excludes halogenated alkanes) is 18. The maximum atomic E-state index is 14.2. The highest BCUT2D eigenvalue weighted by Crippen LogP contribution is 2.33. The second-order valence-electron chi connectivity index (χ2n) is 12.5. The number of esters is 1. The Bertz CT molecular complexity index is 1000. The van der Waals surface area contributed by atoms with Crippen LogP contribution in [0.2, 0.25) is 0 Å². The average molecular weight is 612 g/mol. The number of nitrogens with zero attached hydrogens (tertiary/aromatic N) is 1. The van der Waals surface area contributed by atoms with Crippen molar-refractivity contribution in [1.82, 2.24) is 4.90 Å². The van der Waals surface area contributed by atoms with Crippen molar-refractivity contribution >= 4 is 17.4 Å². The molecule has 44 heavy (non-hydrogen) atoms. The summed E-state index contributed by atoms with van der Waals surface area (Å²) >= 11 is 0. The van der Waals surface area contributed by atoms with Gasteiger partial charge in [-0.15, -0.1) is 0 Å². The quantitative estimate of drug-likeness (QED) is 0.0676. The summed E-state index contributed by atoms with van der Waals surface area (Å²) in [6.07, 6.45) is 24.7. The predicted molar refractivity (Wildman–Crippen MR) is 182 cm³/mol. The summed E-state index contributed by atoms with van der Waals surface area (Å²) in [5, 5.41) is 10.8. The number of benzene rings is 1. The first-order valence-electron chi connectivity index (χ1n) is 17.7. The van der Waals surface area contributed by atoms with Crippen molar-refractivity contribution < 1.29 is 24.2 Å². The summed E-state index contributed by atoms with van der Waals surface area (Å²) in [4.78, 5) is 28.5. The van der Waals surface area contributed by atoms with Crippen LogP contribution in [0.25, 0.3) is 5.57 Å². The van der Waals surface area contributed by atoms with Crippen LogP contribution in [0.4, 0.5) is 0 Å². The van der Waals surface area contributed by atoms with Gasteiger partial charge in [0.2, 0.25) is 0 Å². The fourth-order valence-corrected chi connectivity index (χ4v) is 5.82. The zero-order chi connectivity index (χ0) is 32.0. The van der Waals surface area contributed by atoms with Crippen LogP contribution in [-0.4, -0.2) is 42.1 Å². The number of cyclic esters (lactones) is 1. The number of carbonyl (C=O) groups is 2. The highest BCUT2D eigenvalue weighted by Gasteiger charge is 2.34. The van der Waals surface area contributed by atoms with E-state index in [9.17, 15) is 14.7 Å². The van der Waals surface area contributed by atoms with E-state index in [2.05, 4.69) is 13.8 Å². The summed E-state index contributed by atoms with van der Waals surface area (Å²) < 4.78 is 10.8. The van der Waals surface area contributed by atoms with E-state index in [4.69, 9.17) is 9.47 Å². The van der Waals surface area contributed by atoms with E-state index in [-0.39, 0.29) is 28.6 Å². The van der Waals surface area contributed by atoms with E-state index in [0.717, 1.165) is 25.7 Å². The van der Waals surface area contributed by atoms with Crippen LogP contribution in [0.5, 0.6) is 5.75 Å². The molecule has 1 heterocycles. The number of hydrogen-bond acceptors (Lipinski definition) is 5. The lowest BCUT2D eigenvalue weighted by Gasteiger charge is -2.25. The number of carbonyl (C=O) groups excluding carboxylic acids is 2. The van der Waals surface area contributed by atoms with Gasteiger partial charge < -0.3 is 19.5 Å². The minimum atomic E-state index is -0.618. The zero-order valence-corrected chi connectivity index (χ0v) is 28.4. The van der Waals surface area contributed by atoms with Gasteiger partial charge in [-0.3, -0.25) is 4.79 Å². The van der Waals surface area contributed by atoms with Crippen molar-refractivity contribution in [2.24, 2.45) is 0 Å². The Hall–Kier alpha value is -2.76.